The standard InChI is InChI=1S/C16H13Cl2N3/c1-21-15(19)14(12-9-11(17)7-8-13(12)18)20-16(21)10-5-3-2-4-6-10/h2-9H,19H2,1H3. The van der Waals surface area contributed by atoms with Gasteiger partial charge in [0.15, 0.2) is 0 Å². The van der Waals surface area contributed by atoms with Crippen molar-refractivity contribution in [2.24, 2.45) is 7.05 Å². The number of imidazole rings is 1. The molecular formula is C16H13Cl2N3. The largest absolute Gasteiger partial charge is 0.383 e. The van der Waals surface area contributed by atoms with Crippen LogP contribution in [0.15, 0.2) is 48.5 Å². The number of hydrogen-bond acceptors (Lipinski definition) is 2. The number of nitrogens with zero attached hydrogens (tertiary/aromatic N) is 2. The van der Waals surface area contributed by atoms with Gasteiger partial charge in [-0.3, -0.25) is 0 Å². The minimum absolute atomic E-state index is 0.554. The van der Waals surface area contributed by atoms with Gasteiger partial charge in [0, 0.05) is 23.2 Å². The second-order valence-electron chi connectivity index (χ2n) is 4.72. The summed E-state index contributed by atoms with van der Waals surface area (Å²) in [5.41, 5.74) is 8.56. The Kier molecular flexibility index (Phi) is 3.62. The van der Waals surface area contributed by atoms with Crippen LogP contribution in [0.4, 0.5) is 5.82 Å². The van der Waals surface area contributed by atoms with Crippen LogP contribution in [-0.2, 0) is 7.05 Å². The first-order valence-electron chi connectivity index (χ1n) is 6.41. The summed E-state index contributed by atoms with van der Waals surface area (Å²) in [6, 6.07) is 15.1. The van der Waals surface area contributed by atoms with Gasteiger partial charge in [-0.2, -0.15) is 0 Å². The molecule has 0 atom stereocenters. The SMILES string of the molecule is Cn1c(-c2ccccc2)nc(-c2cc(Cl)ccc2Cl)c1N. The molecule has 5 heteroatoms. The fraction of sp³-hybridized carbons (Fsp3) is 0.0625. The van der Waals surface area contributed by atoms with Gasteiger partial charge in [-0.25, -0.2) is 4.98 Å². The summed E-state index contributed by atoms with van der Waals surface area (Å²) in [6.45, 7) is 0. The molecule has 0 aliphatic carbocycles. The number of nitrogens with two attached hydrogens (primary N) is 1. The molecule has 3 aromatic rings. The minimum atomic E-state index is 0.554. The zero-order valence-electron chi connectivity index (χ0n) is 11.3. The molecule has 0 saturated heterocycles. The van der Waals surface area contributed by atoms with Crippen molar-refractivity contribution in [3.63, 3.8) is 0 Å². The lowest BCUT2D eigenvalue weighted by molar-refractivity contribution is 0.937. The topological polar surface area (TPSA) is 43.8 Å². The van der Waals surface area contributed by atoms with Crippen LogP contribution in [-0.4, -0.2) is 9.55 Å². The van der Waals surface area contributed by atoms with Crippen LogP contribution in [0.2, 0.25) is 10.0 Å². The van der Waals surface area contributed by atoms with E-state index in [4.69, 9.17) is 28.9 Å². The van der Waals surface area contributed by atoms with E-state index in [2.05, 4.69) is 4.98 Å². The maximum Gasteiger partial charge on any atom is 0.142 e. The van der Waals surface area contributed by atoms with E-state index >= 15 is 0 Å². The molecule has 0 amide bonds. The second-order valence-corrected chi connectivity index (χ2v) is 5.56. The Morgan fingerprint density at radius 1 is 1.05 bits per heavy atom. The van der Waals surface area contributed by atoms with Gasteiger partial charge in [-0.1, -0.05) is 53.5 Å². The van der Waals surface area contributed by atoms with Gasteiger partial charge in [0.2, 0.25) is 0 Å². The highest BCUT2D eigenvalue weighted by Crippen LogP contribution is 2.35. The van der Waals surface area contributed by atoms with Gasteiger partial charge in [-0.15, -0.1) is 0 Å². The molecular weight excluding hydrogens is 305 g/mol. The first kappa shape index (κ1) is 14.0. The van der Waals surface area contributed by atoms with Crippen molar-refractivity contribution < 1.29 is 0 Å². The van der Waals surface area contributed by atoms with Crippen molar-refractivity contribution in [3.8, 4) is 22.6 Å². The highest BCUT2D eigenvalue weighted by Gasteiger charge is 2.17. The van der Waals surface area contributed by atoms with E-state index in [1.165, 1.54) is 0 Å². The molecule has 0 saturated carbocycles. The number of nitrogen functional groups attached to an aromatic ring is 1. The predicted octanol–water partition coefficient (Wildman–Crippen LogP) is 4.64. The lowest BCUT2D eigenvalue weighted by Crippen LogP contribution is -1.98. The molecule has 21 heavy (non-hydrogen) atoms. The Labute approximate surface area is 132 Å². The fourth-order valence-corrected chi connectivity index (χ4v) is 2.61. The summed E-state index contributed by atoms with van der Waals surface area (Å²) in [5, 5.41) is 1.17. The first-order chi connectivity index (χ1) is 10.1. The second kappa shape index (κ2) is 5.43. The average molecular weight is 318 g/mol. The van der Waals surface area contributed by atoms with Crippen LogP contribution >= 0.6 is 23.2 Å². The third-order valence-electron chi connectivity index (χ3n) is 3.35. The zero-order chi connectivity index (χ0) is 15.0. The number of hydrogen-bond donors (Lipinski definition) is 1. The smallest absolute Gasteiger partial charge is 0.142 e. The number of aromatic nitrogens is 2. The van der Waals surface area contributed by atoms with Gasteiger partial charge in [0.1, 0.15) is 17.3 Å². The van der Waals surface area contributed by atoms with E-state index in [1.807, 2.05) is 41.9 Å². The Balaban J connectivity index is 2.20. The predicted molar refractivity (Wildman–Crippen MR) is 88.5 cm³/mol. The van der Waals surface area contributed by atoms with Gasteiger partial charge < -0.3 is 10.3 Å². The van der Waals surface area contributed by atoms with Gasteiger partial charge in [0.05, 0.1) is 5.02 Å². The van der Waals surface area contributed by atoms with Crippen molar-refractivity contribution in [3.05, 3.63) is 58.6 Å². The van der Waals surface area contributed by atoms with E-state index in [0.717, 1.165) is 17.0 Å². The van der Waals surface area contributed by atoms with Crippen LogP contribution in [0.25, 0.3) is 22.6 Å². The first-order valence-corrected chi connectivity index (χ1v) is 7.16. The zero-order valence-corrected chi connectivity index (χ0v) is 12.9. The molecule has 0 aliphatic rings. The van der Waals surface area contributed by atoms with E-state index in [-0.39, 0.29) is 0 Å². The third-order valence-corrected chi connectivity index (χ3v) is 3.92. The van der Waals surface area contributed by atoms with Gasteiger partial charge in [0.25, 0.3) is 0 Å². The number of rotatable bonds is 2. The number of halogens is 2. The number of benzene rings is 2. The molecule has 0 unspecified atom stereocenters. The van der Waals surface area contributed by atoms with E-state index in [0.29, 0.717) is 21.6 Å². The molecule has 2 N–H and O–H groups in total. The lowest BCUT2D eigenvalue weighted by Gasteiger charge is -2.04. The Bertz CT molecular complexity index is 795. The number of anilines is 1. The molecule has 3 nitrogen and oxygen atoms in total. The molecule has 0 aliphatic heterocycles. The quantitative estimate of drug-likeness (QED) is 0.748. The molecule has 0 radical (unpaired) electrons. The summed E-state index contributed by atoms with van der Waals surface area (Å²) in [4.78, 5) is 4.65. The average Bonchev–Trinajstić information content (AvgIpc) is 2.79. The van der Waals surface area contributed by atoms with E-state index < -0.39 is 0 Å². The summed E-state index contributed by atoms with van der Waals surface area (Å²) in [7, 11) is 1.88. The van der Waals surface area contributed by atoms with Crippen LogP contribution in [0.1, 0.15) is 0 Å². The van der Waals surface area contributed by atoms with Crippen molar-refractivity contribution in [1.29, 1.82) is 0 Å². The Hall–Kier alpha value is -1.97. The normalized spacial score (nSPS) is 10.8. The molecule has 3 rings (SSSR count). The Morgan fingerprint density at radius 2 is 1.76 bits per heavy atom. The van der Waals surface area contributed by atoms with Crippen molar-refractivity contribution in [2.45, 2.75) is 0 Å². The molecule has 2 aromatic carbocycles. The van der Waals surface area contributed by atoms with Crippen molar-refractivity contribution in [2.75, 3.05) is 5.73 Å². The lowest BCUT2D eigenvalue weighted by atomic mass is 10.1. The summed E-state index contributed by atoms with van der Waals surface area (Å²) >= 11 is 12.3. The van der Waals surface area contributed by atoms with Crippen molar-refractivity contribution in [1.82, 2.24) is 9.55 Å². The monoisotopic (exact) mass is 317 g/mol. The van der Waals surface area contributed by atoms with E-state index in [9.17, 15) is 0 Å². The highest BCUT2D eigenvalue weighted by molar-refractivity contribution is 6.35. The maximum atomic E-state index is 6.25. The summed E-state index contributed by atoms with van der Waals surface area (Å²) in [5.74, 6) is 1.34. The van der Waals surface area contributed by atoms with Crippen LogP contribution in [0.3, 0.4) is 0 Å². The third kappa shape index (κ3) is 2.50. The summed E-state index contributed by atoms with van der Waals surface area (Å²) < 4.78 is 1.85. The van der Waals surface area contributed by atoms with Gasteiger partial charge >= 0.3 is 0 Å². The van der Waals surface area contributed by atoms with Crippen LogP contribution in [0.5, 0.6) is 0 Å². The van der Waals surface area contributed by atoms with Crippen LogP contribution < -0.4 is 5.73 Å². The molecule has 1 heterocycles. The molecule has 1 aromatic heterocycles. The molecule has 0 fully saturated rings. The van der Waals surface area contributed by atoms with E-state index in [1.54, 1.807) is 18.2 Å². The van der Waals surface area contributed by atoms with Crippen LogP contribution in [0, 0.1) is 0 Å². The highest BCUT2D eigenvalue weighted by atomic mass is 35.5. The fourth-order valence-electron chi connectivity index (χ4n) is 2.23. The van der Waals surface area contributed by atoms with Crippen molar-refractivity contribution >= 4 is 29.0 Å². The summed E-state index contributed by atoms with van der Waals surface area (Å²) in [6.07, 6.45) is 0. The maximum absolute atomic E-state index is 6.25. The van der Waals surface area contributed by atoms with Gasteiger partial charge in [-0.05, 0) is 18.2 Å². The minimum Gasteiger partial charge on any atom is -0.383 e. The molecule has 106 valence electrons. The Morgan fingerprint density at radius 3 is 2.48 bits per heavy atom. The molecule has 0 spiro atoms. The molecule has 0 bridgehead atoms.